The molecule has 190 valence electrons. The van der Waals surface area contributed by atoms with Gasteiger partial charge in [0.2, 0.25) is 0 Å². The molecule has 12 nitrogen and oxygen atoms in total. The van der Waals surface area contributed by atoms with E-state index in [0.717, 1.165) is 0 Å². The first kappa shape index (κ1) is 26.8. The van der Waals surface area contributed by atoms with Crippen LogP contribution in [0.4, 0.5) is 0 Å². The van der Waals surface area contributed by atoms with Crippen molar-refractivity contribution >= 4 is 22.6 Å². The number of carbonyl (C=O) groups is 1. The first-order valence-corrected chi connectivity index (χ1v) is 11.7. The van der Waals surface area contributed by atoms with E-state index in [1.54, 1.807) is 6.92 Å². The number of ketones is 1. The molecule has 1 aromatic heterocycles. The third-order valence-electron chi connectivity index (χ3n) is 5.50. The van der Waals surface area contributed by atoms with Crippen LogP contribution in [-0.2, 0) is 19.0 Å². The number of aliphatic hydroxyl groups excluding tert-OH is 4. The second-order valence-electron chi connectivity index (χ2n) is 8.10. The van der Waals surface area contributed by atoms with Gasteiger partial charge in [-0.2, -0.15) is 0 Å². The van der Waals surface area contributed by atoms with Crippen molar-refractivity contribution in [2.45, 2.75) is 50.1 Å². The van der Waals surface area contributed by atoms with Crippen LogP contribution in [0.15, 0.2) is 17.3 Å². The number of pyridine rings is 1. The number of Topliss-reactive ketones (excluding diaryl/α,β-unsaturated/α-hetero) is 1. The third-order valence-corrected chi connectivity index (χ3v) is 6.76. The molecule has 1 fully saturated rings. The van der Waals surface area contributed by atoms with E-state index in [-0.39, 0.29) is 38.0 Å². The molecule has 0 amide bonds. The van der Waals surface area contributed by atoms with Crippen molar-refractivity contribution in [1.29, 1.82) is 0 Å². The minimum absolute atomic E-state index is 0.0265. The highest BCUT2D eigenvalue weighted by atomic mass is 32.2. The van der Waals surface area contributed by atoms with Crippen LogP contribution in [0, 0.1) is 0 Å². The van der Waals surface area contributed by atoms with Crippen molar-refractivity contribution in [3.05, 3.63) is 18.0 Å². The van der Waals surface area contributed by atoms with Crippen molar-refractivity contribution in [3.63, 3.8) is 0 Å². The maximum atomic E-state index is 11.8. The van der Waals surface area contributed by atoms with Gasteiger partial charge in [-0.05, 0) is 13.8 Å². The Morgan fingerprint density at radius 3 is 2.59 bits per heavy atom. The summed E-state index contributed by atoms with van der Waals surface area (Å²) in [6.07, 6.45) is -5.20. The zero-order valence-corrected chi connectivity index (χ0v) is 19.7. The second-order valence-corrected chi connectivity index (χ2v) is 9.07. The van der Waals surface area contributed by atoms with E-state index >= 15 is 0 Å². The number of carbonyl (C=O) groups excluding carboxylic acids is 1. The summed E-state index contributed by atoms with van der Waals surface area (Å²) in [6.45, 7) is 3.22. The quantitative estimate of drug-likeness (QED) is 0.229. The Hall–Kier alpha value is -1.84. The zero-order valence-electron chi connectivity index (χ0n) is 18.9. The van der Waals surface area contributed by atoms with Gasteiger partial charge in [0.15, 0.2) is 12.1 Å². The van der Waals surface area contributed by atoms with Crippen molar-refractivity contribution in [2.75, 3.05) is 38.8 Å². The lowest BCUT2D eigenvalue weighted by molar-refractivity contribution is -0.302. The molecule has 3 heterocycles. The summed E-state index contributed by atoms with van der Waals surface area (Å²) in [5.41, 5.74) is -0.517. The molecule has 2 aliphatic heterocycles. The number of hydrogen-bond acceptors (Lipinski definition) is 13. The van der Waals surface area contributed by atoms with Gasteiger partial charge in [-0.1, -0.05) is 0 Å². The maximum absolute atomic E-state index is 11.8. The highest BCUT2D eigenvalue weighted by molar-refractivity contribution is 8.14. The zero-order chi connectivity index (χ0) is 24.9. The molecule has 0 saturated carbocycles. The molecule has 0 spiro atoms. The normalized spacial score (nSPS) is 31.4. The largest absolute Gasteiger partial charge is 0.505 e. The molecule has 1 saturated heterocycles. The van der Waals surface area contributed by atoms with Gasteiger partial charge in [-0.3, -0.25) is 9.79 Å². The maximum Gasteiger partial charge on any atom is 0.186 e. The molecule has 0 aromatic carbocycles. The minimum Gasteiger partial charge on any atom is -0.505 e. The fourth-order valence-electron chi connectivity index (χ4n) is 3.23. The fourth-order valence-corrected chi connectivity index (χ4v) is 4.47. The third kappa shape index (κ3) is 6.23. The highest BCUT2D eigenvalue weighted by Crippen LogP contribution is 2.34. The second kappa shape index (κ2) is 11.7. The van der Waals surface area contributed by atoms with Crippen LogP contribution in [0.3, 0.4) is 0 Å². The average molecular weight is 503 g/mol. The lowest BCUT2D eigenvalue weighted by Gasteiger charge is -2.39. The van der Waals surface area contributed by atoms with Crippen LogP contribution < -0.4 is 4.74 Å². The molecule has 13 heteroatoms. The van der Waals surface area contributed by atoms with Gasteiger partial charge in [-0.25, -0.2) is 4.98 Å². The lowest BCUT2D eigenvalue weighted by Crippen LogP contribution is -2.59. The molecule has 0 bridgehead atoms. The number of rotatable bonds is 11. The number of hydrogen-bond donors (Lipinski definition) is 5. The van der Waals surface area contributed by atoms with Crippen LogP contribution in [0.5, 0.6) is 11.5 Å². The summed E-state index contributed by atoms with van der Waals surface area (Å²) >= 11 is 1.36. The molecule has 2 aliphatic rings. The van der Waals surface area contributed by atoms with E-state index in [9.17, 15) is 25.2 Å². The Morgan fingerprint density at radius 2 is 1.94 bits per heavy atom. The molecule has 5 N–H and O–H groups in total. The Kier molecular flexibility index (Phi) is 9.23. The molecule has 6 atom stereocenters. The lowest BCUT2D eigenvalue weighted by atomic mass is 9.99. The summed E-state index contributed by atoms with van der Waals surface area (Å²) in [4.78, 5) is 20.4. The summed E-state index contributed by atoms with van der Waals surface area (Å²) in [6, 6.07) is 1.41. The minimum atomic E-state index is -1.50. The predicted molar refractivity (Wildman–Crippen MR) is 120 cm³/mol. The van der Waals surface area contributed by atoms with Crippen LogP contribution in [0.2, 0.25) is 0 Å². The Bertz CT molecular complexity index is 885. The van der Waals surface area contributed by atoms with Gasteiger partial charge in [0.05, 0.1) is 32.6 Å². The fraction of sp³-hybridized carbons (Fsp3) is 0.667. The first-order valence-electron chi connectivity index (χ1n) is 10.7. The van der Waals surface area contributed by atoms with E-state index in [1.165, 1.54) is 30.9 Å². The number of aliphatic hydroxyl groups is 4. The van der Waals surface area contributed by atoms with Crippen molar-refractivity contribution in [1.82, 2.24) is 4.98 Å². The van der Waals surface area contributed by atoms with Gasteiger partial charge >= 0.3 is 0 Å². The standard InChI is InChI=1S/C21H30N2O10S/c1-11(25)21(2)10-34-19(23-21)15-13(26)7-12(8-22-15)31-5-3-30-4-6-32-20-18(29)17(28)16(27)14(9-24)33-20/h7-8,14,16-18,20,24,26-29H,3-6,9-10H2,1-2H3/t14?,16-,17-,18?,20+,21-/m1/s1. The number of ether oxygens (including phenoxy) is 4. The molecular formula is C21H30N2O10S. The molecule has 34 heavy (non-hydrogen) atoms. The number of aromatic hydroxyl groups is 1. The predicted octanol–water partition coefficient (Wildman–Crippen LogP) is -1.16. The van der Waals surface area contributed by atoms with E-state index in [0.29, 0.717) is 22.2 Å². The molecular weight excluding hydrogens is 472 g/mol. The van der Waals surface area contributed by atoms with Crippen LogP contribution in [-0.4, -0.2) is 116 Å². The Labute approximate surface area is 200 Å². The van der Waals surface area contributed by atoms with Gasteiger partial charge < -0.3 is 44.5 Å². The summed E-state index contributed by atoms with van der Waals surface area (Å²) < 4.78 is 21.4. The van der Waals surface area contributed by atoms with E-state index in [1.807, 2.05) is 0 Å². The monoisotopic (exact) mass is 502 g/mol. The smallest absolute Gasteiger partial charge is 0.186 e. The van der Waals surface area contributed by atoms with Gasteiger partial charge in [-0.15, -0.1) is 11.8 Å². The summed E-state index contributed by atoms with van der Waals surface area (Å²) in [5.74, 6) is 0.674. The molecule has 0 aliphatic carbocycles. The first-order chi connectivity index (χ1) is 16.2. The Balaban J connectivity index is 1.37. The number of aromatic nitrogens is 1. The van der Waals surface area contributed by atoms with Gasteiger partial charge in [0.1, 0.15) is 58.8 Å². The number of aliphatic imine (C=N–C) groups is 1. The van der Waals surface area contributed by atoms with Crippen molar-refractivity contribution in [2.24, 2.45) is 4.99 Å². The van der Waals surface area contributed by atoms with E-state index in [2.05, 4.69) is 9.98 Å². The van der Waals surface area contributed by atoms with Crippen molar-refractivity contribution < 1.29 is 49.3 Å². The average Bonchev–Trinajstić information content (AvgIpc) is 3.21. The van der Waals surface area contributed by atoms with Crippen LogP contribution in [0.25, 0.3) is 0 Å². The summed E-state index contributed by atoms with van der Waals surface area (Å²) in [5, 5.41) is 49.3. The molecule has 0 radical (unpaired) electrons. The SMILES string of the molecule is CC(=O)[C@@]1(C)CSC(c2ncc(OCCOCCO[C@H]3OC(CO)[C@@H](O)[C@@H](O)C3O)cc2O)=N1. The van der Waals surface area contributed by atoms with Crippen LogP contribution in [0.1, 0.15) is 19.5 Å². The van der Waals surface area contributed by atoms with Gasteiger partial charge in [0, 0.05) is 11.8 Å². The summed E-state index contributed by atoms with van der Waals surface area (Å²) in [7, 11) is 0. The molecule has 3 rings (SSSR count). The highest BCUT2D eigenvalue weighted by Gasteiger charge is 2.44. The topological polar surface area (TPSA) is 180 Å². The van der Waals surface area contributed by atoms with Crippen LogP contribution >= 0.6 is 11.8 Å². The number of nitrogens with zero attached hydrogens (tertiary/aromatic N) is 2. The van der Waals surface area contributed by atoms with Crippen molar-refractivity contribution in [3.8, 4) is 11.5 Å². The van der Waals surface area contributed by atoms with E-state index < -0.39 is 42.9 Å². The molecule has 2 unspecified atom stereocenters. The van der Waals surface area contributed by atoms with Gasteiger partial charge in [0.25, 0.3) is 0 Å². The molecule has 1 aromatic rings. The Morgan fingerprint density at radius 1 is 1.21 bits per heavy atom. The number of thioether (sulfide) groups is 1. The van der Waals surface area contributed by atoms with E-state index in [4.69, 9.17) is 24.1 Å².